The van der Waals surface area contributed by atoms with Crippen LogP contribution < -0.4 is 5.73 Å². The number of carbonyl (C=O) groups is 1. The Morgan fingerprint density at radius 2 is 2.17 bits per heavy atom. The molecule has 0 fully saturated rings. The molecule has 3 rings (SSSR count). The molecule has 24 heavy (non-hydrogen) atoms. The topological polar surface area (TPSA) is 73.8 Å². The summed E-state index contributed by atoms with van der Waals surface area (Å²) in [4.78, 5) is 12.2. The van der Waals surface area contributed by atoms with Gasteiger partial charge in [0.15, 0.2) is 11.0 Å². The number of primary amides is 1. The predicted octanol–water partition coefficient (Wildman–Crippen LogP) is 3.48. The summed E-state index contributed by atoms with van der Waals surface area (Å²) >= 11 is 3.23. The molecule has 2 N–H and O–H groups in total. The highest BCUT2D eigenvalue weighted by atomic mass is 32.2. The summed E-state index contributed by atoms with van der Waals surface area (Å²) in [6, 6.07) is 12.4. The van der Waals surface area contributed by atoms with Crippen molar-refractivity contribution in [1.29, 1.82) is 0 Å². The van der Waals surface area contributed by atoms with Gasteiger partial charge in [-0.05, 0) is 23.9 Å². The van der Waals surface area contributed by atoms with Gasteiger partial charge in [-0.3, -0.25) is 4.79 Å². The normalized spacial score (nSPS) is 10.9. The largest absolute Gasteiger partial charge is 0.370 e. The average molecular weight is 358 g/mol. The van der Waals surface area contributed by atoms with E-state index < -0.39 is 0 Å². The smallest absolute Gasteiger partial charge is 0.219 e. The van der Waals surface area contributed by atoms with E-state index in [0.717, 1.165) is 21.6 Å². The molecule has 1 aromatic carbocycles. The van der Waals surface area contributed by atoms with E-state index in [1.807, 2.05) is 22.1 Å². The maximum atomic E-state index is 11.2. The van der Waals surface area contributed by atoms with Crippen molar-refractivity contribution < 1.29 is 4.79 Å². The zero-order valence-corrected chi connectivity index (χ0v) is 14.9. The fraction of sp³-hybridized carbons (Fsp3) is 0.235. The summed E-state index contributed by atoms with van der Waals surface area (Å²) < 4.78 is 1.98. The number of rotatable bonds is 7. The van der Waals surface area contributed by atoms with Crippen LogP contribution in [0.15, 0.2) is 46.9 Å². The molecule has 124 valence electrons. The summed E-state index contributed by atoms with van der Waals surface area (Å²) in [7, 11) is 0. The predicted molar refractivity (Wildman–Crippen MR) is 97.9 cm³/mol. The van der Waals surface area contributed by atoms with Crippen LogP contribution in [0, 0.1) is 6.92 Å². The van der Waals surface area contributed by atoms with Gasteiger partial charge in [-0.2, -0.15) is 0 Å². The molecule has 0 aliphatic rings. The fourth-order valence-corrected chi connectivity index (χ4v) is 3.98. The Balaban J connectivity index is 1.82. The number of hydrogen-bond donors (Lipinski definition) is 1. The first-order valence-corrected chi connectivity index (χ1v) is 9.44. The van der Waals surface area contributed by atoms with E-state index in [4.69, 9.17) is 5.73 Å². The molecule has 0 saturated carbocycles. The molecule has 2 aromatic heterocycles. The van der Waals surface area contributed by atoms with Crippen LogP contribution in [-0.2, 0) is 17.1 Å². The second-order valence-electron chi connectivity index (χ2n) is 5.43. The minimum Gasteiger partial charge on any atom is -0.370 e. The SMILES string of the molecule is Cc1cccc(CSc2nnc(-c3cccs3)n2CCC(N)=O)c1. The summed E-state index contributed by atoms with van der Waals surface area (Å²) in [6.07, 6.45) is 0.272. The molecule has 0 unspecified atom stereocenters. The first kappa shape index (κ1) is 16.7. The van der Waals surface area contributed by atoms with E-state index in [9.17, 15) is 4.79 Å². The van der Waals surface area contributed by atoms with Crippen molar-refractivity contribution >= 4 is 29.0 Å². The Labute approximate surface area is 148 Å². The number of nitrogens with two attached hydrogens (primary N) is 1. The quantitative estimate of drug-likeness (QED) is 0.656. The van der Waals surface area contributed by atoms with Crippen LogP contribution in [0.25, 0.3) is 10.7 Å². The third kappa shape index (κ3) is 4.04. The Kier molecular flexibility index (Phi) is 5.32. The maximum Gasteiger partial charge on any atom is 0.219 e. The van der Waals surface area contributed by atoms with E-state index in [0.29, 0.717) is 6.54 Å². The second kappa shape index (κ2) is 7.63. The van der Waals surface area contributed by atoms with E-state index in [1.165, 1.54) is 11.1 Å². The molecule has 0 spiro atoms. The molecule has 0 bridgehead atoms. The van der Waals surface area contributed by atoms with Crippen LogP contribution in [-0.4, -0.2) is 20.7 Å². The number of aromatic nitrogens is 3. The third-order valence-electron chi connectivity index (χ3n) is 3.49. The van der Waals surface area contributed by atoms with Crippen molar-refractivity contribution in [2.24, 2.45) is 5.73 Å². The summed E-state index contributed by atoms with van der Waals surface area (Å²) in [5.41, 5.74) is 7.79. The summed E-state index contributed by atoms with van der Waals surface area (Å²) in [6.45, 7) is 2.57. The molecular formula is C17H18N4OS2. The number of benzene rings is 1. The van der Waals surface area contributed by atoms with Crippen LogP contribution in [0.3, 0.4) is 0 Å². The first-order chi connectivity index (χ1) is 11.6. The molecule has 7 heteroatoms. The van der Waals surface area contributed by atoms with Gasteiger partial charge in [0.25, 0.3) is 0 Å². The van der Waals surface area contributed by atoms with Crippen molar-refractivity contribution in [3.05, 3.63) is 52.9 Å². The number of thiophene rings is 1. The summed E-state index contributed by atoms with van der Waals surface area (Å²) in [5.74, 6) is 1.27. The lowest BCUT2D eigenvalue weighted by molar-refractivity contribution is -0.118. The van der Waals surface area contributed by atoms with Gasteiger partial charge in [0.05, 0.1) is 4.88 Å². The third-order valence-corrected chi connectivity index (χ3v) is 5.39. The van der Waals surface area contributed by atoms with Gasteiger partial charge in [0.2, 0.25) is 5.91 Å². The fourth-order valence-electron chi connectivity index (χ4n) is 2.36. The molecule has 3 aromatic rings. The Morgan fingerprint density at radius 1 is 1.29 bits per heavy atom. The number of carbonyl (C=O) groups excluding carboxylic acids is 1. The van der Waals surface area contributed by atoms with Gasteiger partial charge in [-0.25, -0.2) is 0 Å². The molecule has 0 radical (unpaired) electrons. The van der Waals surface area contributed by atoms with Gasteiger partial charge in [-0.15, -0.1) is 21.5 Å². The highest BCUT2D eigenvalue weighted by molar-refractivity contribution is 7.98. The second-order valence-corrected chi connectivity index (χ2v) is 7.32. The van der Waals surface area contributed by atoms with Gasteiger partial charge in [0, 0.05) is 18.7 Å². The lowest BCUT2D eigenvalue weighted by Crippen LogP contribution is -2.14. The number of hydrogen-bond acceptors (Lipinski definition) is 5. The van der Waals surface area contributed by atoms with Crippen molar-refractivity contribution in [2.75, 3.05) is 0 Å². The highest BCUT2D eigenvalue weighted by Gasteiger charge is 2.15. The molecule has 2 heterocycles. The van der Waals surface area contributed by atoms with Gasteiger partial charge in [0.1, 0.15) is 0 Å². The maximum absolute atomic E-state index is 11.2. The molecular weight excluding hydrogens is 340 g/mol. The standard InChI is InChI=1S/C17H18N4OS2/c1-12-4-2-5-13(10-12)11-24-17-20-19-16(14-6-3-9-23-14)21(17)8-7-15(18)22/h2-6,9-10H,7-8,11H2,1H3,(H2,18,22). The minimum atomic E-state index is -0.324. The lowest BCUT2D eigenvalue weighted by atomic mass is 10.2. The van der Waals surface area contributed by atoms with Crippen molar-refractivity contribution in [2.45, 2.75) is 30.8 Å². The Morgan fingerprint density at radius 3 is 2.88 bits per heavy atom. The summed E-state index contributed by atoms with van der Waals surface area (Å²) in [5, 5.41) is 11.4. The first-order valence-electron chi connectivity index (χ1n) is 7.57. The molecule has 0 aliphatic heterocycles. The average Bonchev–Trinajstić information content (AvgIpc) is 3.20. The monoisotopic (exact) mass is 358 g/mol. The number of nitrogens with zero attached hydrogens (tertiary/aromatic N) is 3. The zero-order valence-electron chi connectivity index (χ0n) is 13.3. The van der Waals surface area contributed by atoms with Gasteiger partial charge in [-0.1, -0.05) is 47.7 Å². The van der Waals surface area contributed by atoms with Gasteiger partial charge < -0.3 is 10.3 Å². The lowest BCUT2D eigenvalue weighted by Gasteiger charge is -2.08. The Hall–Kier alpha value is -2.12. The van der Waals surface area contributed by atoms with Crippen molar-refractivity contribution in [3.63, 3.8) is 0 Å². The van der Waals surface area contributed by atoms with Crippen molar-refractivity contribution in [3.8, 4) is 10.7 Å². The highest BCUT2D eigenvalue weighted by Crippen LogP contribution is 2.29. The molecule has 0 aliphatic carbocycles. The Bertz CT molecular complexity index is 827. The van der Waals surface area contributed by atoms with Crippen molar-refractivity contribution in [1.82, 2.24) is 14.8 Å². The molecule has 0 saturated heterocycles. The van der Waals surface area contributed by atoms with Crippen LogP contribution in [0.2, 0.25) is 0 Å². The van der Waals surface area contributed by atoms with E-state index in [1.54, 1.807) is 23.1 Å². The van der Waals surface area contributed by atoms with E-state index in [2.05, 4.69) is 41.4 Å². The van der Waals surface area contributed by atoms with Crippen LogP contribution >= 0.6 is 23.1 Å². The number of amides is 1. The van der Waals surface area contributed by atoms with Crippen LogP contribution in [0.1, 0.15) is 17.5 Å². The van der Waals surface area contributed by atoms with Crippen LogP contribution in [0.5, 0.6) is 0 Å². The number of thioether (sulfide) groups is 1. The zero-order chi connectivity index (χ0) is 16.9. The number of aryl methyl sites for hydroxylation is 1. The molecule has 0 atom stereocenters. The van der Waals surface area contributed by atoms with Crippen LogP contribution in [0.4, 0.5) is 0 Å². The van der Waals surface area contributed by atoms with Gasteiger partial charge >= 0.3 is 0 Å². The van der Waals surface area contributed by atoms with E-state index >= 15 is 0 Å². The molecule has 5 nitrogen and oxygen atoms in total. The van der Waals surface area contributed by atoms with E-state index in [-0.39, 0.29) is 12.3 Å². The minimum absolute atomic E-state index is 0.272. The molecule has 1 amide bonds.